The molecule has 1 aromatic rings. The standard InChI is InChI=1S/C15H23F2N3/c1-4-10-5-7-11(8-6-10)20(3)15-13(17)9-12(16)14(18-2)19-15/h9-11H,4-8H2,1-3H3,(H,18,19). The van der Waals surface area contributed by atoms with Gasteiger partial charge in [-0.05, 0) is 31.6 Å². The van der Waals surface area contributed by atoms with Crippen molar-refractivity contribution in [2.45, 2.75) is 45.1 Å². The minimum Gasteiger partial charge on any atom is -0.371 e. The number of halogens is 2. The quantitative estimate of drug-likeness (QED) is 0.911. The van der Waals surface area contributed by atoms with Crippen LogP contribution in [0.5, 0.6) is 0 Å². The van der Waals surface area contributed by atoms with Crippen molar-refractivity contribution in [3.63, 3.8) is 0 Å². The average Bonchev–Trinajstić information content (AvgIpc) is 2.47. The Balaban J connectivity index is 2.15. The highest BCUT2D eigenvalue weighted by atomic mass is 19.1. The van der Waals surface area contributed by atoms with Crippen LogP contribution in [0.3, 0.4) is 0 Å². The van der Waals surface area contributed by atoms with E-state index in [1.54, 1.807) is 7.05 Å². The Morgan fingerprint density at radius 1 is 1.25 bits per heavy atom. The molecule has 0 saturated heterocycles. The number of anilines is 2. The predicted molar refractivity (Wildman–Crippen MR) is 78.1 cm³/mol. The Morgan fingerprint density at radius 2 is 1.90 bits per heavy atom. The number of nitrogens with one attached hydrogen (secondary N) is 1. The Bertz CT molecular complexity index is 457. The molecule has 1 aromatic heterocycles. The summed E-state index contributed by atoms with van der Waals surface area (Å²) in [5.74, 6) is -0.136. The van der Waals surface area contributed by atoms with Crippen LogP contribution in [0.15, 0.2) is 6.07 Å². The molecule has 0 spiro atoms. The smallest absolute Gasteiger partial charge is 0.168 e. The fourth-order valence-electron chi connectivity index (χ4n) is 2.99. The number of hydrogen-bond acceptors (Lipinski definition) is 3. The summed E-state index contributed by atoms with van der Waals surface area (Å²) in [6.07, 6.45) is 5.65. The summed E-state index contributed by atoms with van der Waals surface area (Å²) in [6, 6.07) is 1.19. The fourth-order valence-corrected chi connectivity index (χ4v) is 2.99. The van der Waals surface area contributed by atoms with Crippen LogP contribution in [0.1, 0.15) is 39.0 Å². The van der Waals surface area contributed by atoms with Crippen LogP contribution in [0.25, 0.3) is 0 Å². The topological polar surface area (TPSA) is 28.2 Å². The zero-order valence-corrected chi connectivity index (χ0v) is 12.4. The first-order valence-corrected chi connectivity index (χ1v) is 7.33. The molecule has 1 N–H and O–H groups in total. The van der Waals surface area contributed by atoms with Gasteiger partial charge in [-0.1, -0.05) is 13.3 Å². The molecule has 0 bridgehead atoms. The van der Waals surface area contributed by atoms with Crippen LogP contribution >= 0.6 is 0 Å². The van der Waals surface area contributed by atoms with E-state index in [0.717, 1.165) is 24.8 Å². The first kappa shape index (κ1) is 15.0. The molecular weight excluding hydrogens is 260 g/mol. The highest BCUT2D eigenvalue weighted by Crippen LogP contribution is 2.32. The van der Waals surface area contributed by atoms with Crippen molar-refractivity contribution in [3.8, 4) is 0 Å². The van der Waals surface area contributed by atoms with Gasteiger partial charge in [-0.15, -0.1) is 0 Å². The molecule has 0 aliphatic heterocycles. The molecule has 5 heteroatoms. The molecule has 1 heterocycles. The van der Waals surface area contributed by atoms with E-state index in [4.69, 9.17) is 0 Å². The zero-order valence-electron chi connectivity index (χ0n) is 12.4. The van der Waals surface area contributed by atoms with E-state index in [0.29, 0.717) is 0 Å². The molecule has 20 heavy (non-hydrogen) atoms. The third-order valence-corrected chi connectivity index (χ3v) is 4.42. The molecule has 1 aliphatic carbocycles. The minimum atomic E-state index is -0.656. The highest BCUT2D eigenvalue weighted by Gasteiger charge is 2.26. The SMILES string of the molecule is CCC1CCC(N(C)c2nc(NC)c(F)cc2F)CC1. The van der Waals surface area contributed by atoms with E-state index in [2.05, 4.69) is 17.2 Å². The third-order valence-electron chi connectivity index (χ3n) is 4.42. The van der Waals surface area contributed by atoms with Gasteiger partial charge in [0.05, 0.1) is 0 Å². The van der Waals surface area contributed by atoms with Gasteiger partial charge < -0.3 is 10.2 Å². The molecule has 112 valence electrons. The summed E-state index contributed by atoms with van der Waals surface area (Å²) >= 11 is 0. The summed E-state index contributed by atoms with van der Waals surface area (Å²) in [6.45, 7) is 2.22. The van der Waals surface area contributed by atoms with Crippen molar-refractivity contribution >= 4 is 11.6 Å². The Hall–Kier alpha value is -1.39. The normalized spacial score (nSPS) is 22.6. The van der Waals surface area contributed by atoms with E-state index < -0.39 is 11.6 Å². The lowest BCUT2D eigenvalue weighted by Crippen LogP contribution is -2.36. The molecule has 1 saturated carbocycles. The second-order valence-electron chi connectivity index (χ2n) is 5.57. The van der Waals surface area contributed by atoms with Crippen LogP contribution in [0, 0.1) is 17.6 Å². The average molecular weight is 283 g/mol. The van der Waals surface area contributed by atoms with Crippen molar-refractivity contribution in [2.75, 3.05) is 24.3 Å². The van der Waals surface area contributed by atoms with Gasteiger partial charge in [-0.25, -0.2) is 13.8 Å². The lowest BCUT2D eigenvalue weighted by molar-refractivity contribution is 0.312. The minimum absolute atomic E-state index is 0.0931. The monoisotopic (exact) mass is 283 g/mol. The molecule has 3 nitrogen and oxygen atoms in total. The van der Waals surface area contributed by atoms with Gasteiger partial charge in [0.1, 0.15) is 0 Å². The maximum absolute atomic E-state index is 13.9. The number of pyridine rings is 1. The first-order valence-electron chi connectivity index (χ1n) is 7.33. The second-order valence-corrected chi connectivity index (χ2v) is 5.57. The van der Waals surface area contributed by atoms with Gasteiger partial charge in [0.15, 0.2) is 23.3 Å². The summed E-state index contributed by atoms with van der Waals surface area (Å²) in [5.41, 5.74) is 0. The molecule has 2 rings (SSSR count). The van der Waals surface area contributed by atoms with E-state index in [1.165, 1.54) is 19.3 Å². The van der Waals surface area contributed by atoms with E-state index in [9.17, 15) is 8.78 Å². The molecule has 1 fully saturated rings. The fraction of sp³-hybridized carbons (Fsp3) is 0.667. The molecular formula is C15H23F2N3. The zero-order chi connectivity index (χ0) is 14.7. The van der Waals surface area contributed by atoms with E-state index in [1.807, 2.05) is 11.9 Å². The van der Waals surface area contributed by atoms with E-state index in [-0.39, 0.29) is 17.7 Å². The number of hydrogen-bond donors (Lipinski definition) is 1. The van der Waals surface area contributed by atoms with Gasteiger partial charge >= 0.3 is 0 Å². The van der Waals surface area contributed by atoms with Crippen molar-refractivity contribution in [2.24, 2.45) is 5.92 Å². The van der Waals surface area contributed by atoms with Gasteiger partial charge in [0, 0.05) is 26.2 Å². The lowest BCUT2D eigenvalue weighted by Gasteiger charge is -2.35. The van der Waals surface area contributed by atoms with Crippen LogP contribution in [0.4, 0.5) is 20.4 Å². The van der Waals surface area contributed by atoms with Crippen LogP contribution in [-0.4, -0.2) is 25.1 Å². The lowest BCUT2D eigenvalue weighted by atomic mass is 9.84. The van der Waals surface area contributed by atoms with Gasteiger partial charge in [0.25, 0.3) is 0 Å². The van der Waals surface area contributed by atoms with Crippen LogP contribution in [-0.2, 0) is 0 Å². The molecule has 0 amide bonds. The summed E-state index contributed by atoms with van der Waals surface area (Å²) < 4.78 is 27.4. The van der Waals surface area contributed by atoms with Crippen molar-refractivity contribution in [1.82, 2.24) is 4.98 Å². The van der Waals surface area contributed by atoms with Gasteiger partial charge in [0.2, 0.25) is 0 Å². The molecule has 0 atom stereocenters. The van der Waals surface area contributed by atoms with Crippen LogP contribution < -0.4 is 10.2 Å². The number of aromatic nitrogens is 1. The largest absolute Gasteiger partial charge is 0.371 e. The first-order chi connectivity index (χ1) is 9.56. The van der Waals surface area contributed by atoms with E-state index >= 15 is 0 Å². The van der Waals surface area contributed by atoms with Gasteiger partial charge in [-0.2, -0.15) is 0 Å². The molecule has 1 aliphatic rings. The Morgan fingerprint density at radius 3 is 2.45 bits per heavy atom. The Labute approximate surface area is 119 Å². The van der Waals surface area contributed by atoms with Crippen molar-refractivity contribution < 1.29 is 8.78 Å². The summed E-state index contributed by atoms with van der Waals surface area (Å²) in [7, 11) is 3.43. The number of rotatable bonds is 4. The summed E-state index contributed by atoms with van der Waals surface area (Å²) in [4.78, 5) is 5.93. The highest BCUT2D eigenvalue weighted by molar-refractivity contribution is 5.49. The molecule has 0 aromatic carbocycles. The maximum Gasteiger partial charge on any atom is 0.168 e. The second kappa shape index (κ2) is 6.37. The Kier molecular flexibility index (Phi) is 4.78. The predicted octanol–water partition coefficient (Wildman–Crippen LogP) is 3.81. The maximum atomic E-state index is 13.9. The van der Waals surface area contributed by atoms with Crippen LogP contribution in [0.2, 0.25) is 0 Å². The van der Waals surface area contributed by atoms with Gasteiger partial charge in [-0.3, -0.25) is 0 Å². The third kappa shape index (κ3) is 3.02. The molecule has 0 unspecified atom stereocenters. The summed E-state index contributed by atoms with van der Waals surface area (Å²) in [5, 5.41) is 2.66. The van der Waals surface area contributed by atoms with Crippen molar-refractivity contribution in [3.05, 3.63) is 17.7 Å². The number of nitrogens with zero attached hydrogens (tertiary/aromatic N) is 2. The molecule has 0 radical (unpaired) electrons. The van der Waals surface area contributed by atoms with Crippen molar-refractivity contribution in [1.29, 1.82) is 0 Å².